The van der Waals surface area contributed by atoms with Gasteiger partial charge >= 0.3 is 0 Å². The van der Waals surface area contributed by atoms with Crippen molar-refractivity contribution in [3.63, 3.8) is 0 Å². The molecule has 17 heavy (non-hydrogen) atoms. The summed E-state index contributed by atoms with van der Waals surface area (Å²) in [7, 11) is 0. The van der Waals surface area contributed by atoms with Gasteiger partial charge in [-0.3, -0.25) is 0 Å². The predicted octanol–water partition coefficient (Wildman–Crippen LogP) is 2.49. The number of ether oxygens (including phenoxy) is 1. The number of benzene rings is 1. The molecule has 0 aliphatic carbocycles. The minimum absolute atomic E-state index is 0.0504. The van der Waals surface area contributed by atoms with E-state index < -0.39 is 0 Å². The first-order chi connectivity index (χ1) is 8.16. The maximum atomic E-state index is 13.7. The highest BCUT2D eigenvalue weighted by molar-refractivity contribution is 9.10. The van der Waals surface area contributed by atoms with Crippen molar-refractivity contribution >= 4 is 15.9 Å². The van der Waals surface area contributed by atoms with Crippen LogP contribution in [0.4, 0.5) is 4.39 Å². The van der Waals surface area contributed by atoms with Crippen LogP contribution in [0.15, 0.2) is 22.7 Å². The molecular weight excluding hydrogens is 287 g/mol. The average Bonchev–Trinajstić information content (AvgIpc) is 2.33. The maximum Gasteiger partial charge on any atom is 0.128 e. The second-order valence-corrected chi connectivity index (χ2v) is 5.03. The summed E-state index contributed by atoms with van der Waals surface area (Å²) >= 11 is 3.36. The third kappa shape index (κ3) is 3.48. The molecule has 1 fully saturated rings. The van der Waals surface area contributed by atoms with Crippen LogP contribution in [-0.4, -0.2) is 31.3 Å². The Kier molecular flexibility index (Phi) is 4.50. The highest BCUT2D eigenvalue weighted by atomic mass is 79.9. The molecule has 1 heterocycles. The number of hydrogen-bond donors (Lipinski definition) is 1. The summed E-state index contributed by atoms with van der Waals surface area (Å²) in [4.78, 5) is 0. The van der Waals surface area contributed by atoms with Crippen molar-refractivity contribution in [3.05, 3.63) is 34.1 Å². The van der Waals surface area contributed by atoms with Crippen LogP contribution >= 0.6 is 15.9 Å². The summed E-state index contributed by atoms with van der Waals surface area (Å²) in [5.74, 6) is -0.179. The molecule has 5 heteroatoms. The molecule has 1 aromatic rings. The van der Waals surface area contributed by atoms with E-state index in [2.05, 4.69) is 26.4 Å². The molecule has 94 valence electrons. The molecule has 0 spiro atoms. The van der Waals surface area contributed by atoms with E-state index in [9.17, 15) is 4.39 Å². The topological polar surface area (TPSA) is 24.5 Å². The third-order valence-electron chi connectivity index (χ3n) is 2.81. The number of hydrogen-bond acceptors (Lipinski definition) is 3. The van der Waals surface area contributed by atoms with Crippen LogP contribution in [0.3, 0.4) is 0 Å². The molecule has 1 aliphatic rings. The van der Waals surface area contributed by atoms with Crippen LogP contribution in [-0.2, 0) is 4.74 Å². The van der Waals surface area contributed by atoms with E-state index >= 15 is 0 Å². The molecule has 1 unspecified atom stereocenters. The molecular formula is C12H16BrFN2O. The van der Waals surface area contributed by atoms with Crippen molar-refractivity contribution < 1.29 is 9.13 Å². The number of rotatable bonds is 3. The van der Waals surface area contributed by atoms with Crippen molar-refractivity contribution in [2.75, 3.05) is 26.3 Å². The monoisotopic (exact) mass is 302 g/mol. The van der Waals surface area contributed by atoms with Gasteiger partial charge in [0, 0.05) is 29.2 Å². The van der Waals surface area contributed by atoms with Crippen LogP contribution in [0.5, 0.6) is 0 Å². The van der Waals surface area contributed by atoms with Gasteiger partial charge in [0.1, 0.15) is 5.82 Å². The van der Waals surface area contributed by atoms with E-state index in [1.54, 1.807) is 6.07 Å². The van der Waals surface area contributed by atoms with E-state index in [1.807, 2.05) is 13.0 Å². The molecule has 0 aromatic heterocycles. The molecule has 0 radical (unpaired) electrons. The molecule has 3 nitrogen and oxygen atoms in total. The molecule has 1 saturated heterocycles. The number of nitrogens with one attached hydrogen (secondary N) is 1. The minimum Gasteiger partial charge on any atom is -0.379 e. The Bertz CT molecular complexity index is 383. The lowest BCUT2D eigenvalue weighted by atomic mass is 10.1. The van der Waals surface area contributed by atoms with Crippen LogP contribution < -0.4 is 5.43 Å². The van der Waals surface area contributed by atoms with Gasteiger partial charge < -0.3 is 4.74 Å². The Hall–Kier alpha value is -0.490. The van der Waals surface area contributed by atoms with Gasteiger partial charge in [0.2, 0.25) is 0 Å². The molecule has 1 N–H and O–H groups in total. The quantitative estimate of drug-likeness (QED) is 0.928. The van der Waals surface area contributed by atoms with E-state index in [1.165, 1.54) is 6.07 Å². The Labute approximate surface area is 109 Å². The fourth-order valence-corrected chi connectivity index (χ4v) is 2.26. The fraction of sp³-hybridized carbons (Fsp3) is 0.500. The lowest BCUT2D eigenvalue weighted by Gasteiger charge is -2.30. The van der Waals surface area contributed by atoms with Crippen LogP contribution in [0.25, 0.3) is 0 Å². The molecule has 0 bridgehead atoms. The lowest BCUT2D eigenvalue weighted by Crippen LogP contribution is -2.46. The van der Waals surface area contributed by atoms with Crippen LogP contribution in [0, 0.1) is 5.82 Å². The number of halogens is 2. The van der Waals surface area contributed by atoms with E-state index in [-0.39, 0.29) is 11.9 Å². The summed E-state index contributed by atoms with van der Waals surface area (Å²) in [5, 5.41) is 2.08. The maximum absolute atomic E-state index is 13.7. The largest absolute Gasteiger partial charge is 0.379 e. The zero-order chi connectivity index (χ0) is 12.3. The van der Waals surface area contributed by atoms with Crippen molar-refractivity contribution in [2.24, 2.45) is 0 Å². The molecule has 1 aliphatic heterocycles. The third-order valence-corrected chi connectivity index (χ3v) is 3.31. The Morgan fingerprint density at radius 1 is 1.41 bits per heavy atom. The summed E-state index contributed by atoms with van der Waals surface area (Å²) < 4.78 is 19.8. The number of hydrazine groups is 1. The predicted molar refractivity (Wildman–Crippen MR) is 68.0 cm³/mol. The summed E-state index contributed by atoms with van der Waals surface area (Å²) in [5.41, 5.74) is 3.97. The van der Waals surface area contributed by atoms with Crippen molar-refractivity contribution in [1.29, 1.82) is 0 Å². The van der Waals surface area contributed by atoms with Gasteiger partial charge in [-0.2, -0.15) is 0 Å². The smallest absolute Gasteiger partial charge is 0.128 e. The van der Waals surface area contributed by atoms with Gasteiger partial charge in [0.05, 0.1) is 13.2 Å². The van der Waals surface area contributed by atoms with Gasteiger partial charge in [-0.25, -0.2) is 14.8 Å². The van der Waals surface area contributed by atoms with Crippen molar-refractivity contribution in [1.82, 2.24) is 10.4 Å². The summed E-state index contributed by atoms with van der Waals surface area (Å²) in [6, 6.07) is 4.95. The lowest BCUT2D eigenvalue weighted by molar-refractivity contribution is 0.00459. The summed E-state index contributed by atoms with van der Waals surface area (Å²) in [6.07, 6.45) is 0. The van der Waals surface area contributed by atoms with Crippen molar-refractivity contribution in [3.8, 4) is 0 Å². The highest BCUT2D eigenvalue weighted by Crippen LogP contribution is 2.21. The van der Waals surface area contributed by atoms with Gasteiger partial charge in [-0.1, -0.05) is 15.9 Å². The molecule has 0 amide bonds. The number of morpholine rings is 1. The Morgan fingerprint density at radius 3 is 2.82 bits per heavy atom. The normalized spacial score (nSPS) is 19.2. The Balaban J connectivity index is 2.02. The van der Waals surface area contributed by atoms with Crippen molar-refractivity contribution in [2.45, 2.75) is 13.0 Å². The zero-order valence-electron chi connectivity index (χ0n) is 9.75. The van der Waals surface area contributed by atoms with Gasteiger partial charge in [-0.05, 0) is 25.1 Å². The average molecular weight is 303 g/mol. The molecule has 1 atom stereocenters. The molecule has 1 aromatic carbocycles. The first-order valence-electron chi connectivity index (χ1n) is 5.70. The SMILES string of the molecule is CC(NN1CCOCC1)c1cc(Br)ccc1F. The van der Waals surface area contributed by atoms with Gasteiger partial charge in [-0.15, -0.1) is 0 Å². The first kappa shape index (κ1) is 13.0. The van der Waals surface area contributed by atoms with Gasteiger partial charge in [0.15, 0.2) is 0 Å². The first-order valence-corrected chi connectivity index (χ1v) is 6.50. The second kappa shape index (κ2) is 5.91. The highest BCUT2D eigenvalue weighted by Gasteiger charge is 2.16. The Morgan fingerprint density at radius 2 is 2.12 bits per heavy atom. The van der Waals surface area contributed by atoms with E-state index in [0.29, 0.717) is 5.56 Å². The van der Waals surface area contributed by atoms with Crippen LogP contribution in [0.1, 0.15) is 18.5 Å². The summed E-state index contributed by atoms with van der Waals surface area (Å²) in [6.45, 7) is 5.07. The van der Waals surface area contributed by atoms with E-state index in [0.717, 1.165) is 30.8 Å². The fourth-order valence-electron chi connectivity index (χ4n) is 1.88. The van der Waals surface area contributed by atoms with Crippen LogP contribution in [0.2, 0.25) is 0 Å². The van der Waals surface area contributed by atoms with Gasteiger partial charge in [0.25, 0.3) is 0 Å². The molecule has 0 saturated carbocycles. The molecule has 2 rings (SSSR count). The minimum atomic E-state index is -0.179. The van der Waals surface area contributed by atoms with E-state index in [4.69, 9.17) is 4.74 Å². The standard InChI is InChI=1S/C12H16BrFN2O/c1-9(15-16-4-6-17-7-5-16)11-8-10(13)2-3-12(11)14/h2-3,8-9,15H,4-7H2,1H3. The zero-order valence-corrected chi connectivity index (χ0v) is 11.3. The second-order valence-electron chi connectivity index (χ2n) is 4.12. The number of nitrogens with zero attached hydrogens (tertiary/aromatic N) is 1.